The smallest absolute Gasteiger partial charge is 0.0601 e. The molecular weight excluding hydrogens is 264 g/mol. The van der Waals surface area contributed by atoms with Gasteiger partial charge in [0, 0.05) is 10.4 Å². The fraction of sp³-hybridized carbons (Fsp3) is 0.765. The van der Waals surface area contributed by atoms with E-state index < -0.39 is 0 Å². The normalized spacial score (nSPS) is 18.6. The lowest BCUT2D eigenvalue weighted by Crippen LogP contribution is -2.55. The third-order valence-electron chi connectivity index (χ3n) is 4.92. The van der Waals surface area contributed by atoms with Gasteiger partial charge in [-0.2, -0.15) is 0 Å². The van der Waals surface area contributed by atoms with Crippen LogP contribution in [0.3, 0.4) is 0 Å². The second kappa shape index (κ2) is 7.58. The van der Waals surface area contributed by atoms with E-state index in [2.05, 4.69) is 48.5 Å². The van der Waals surface area contributed by atoms with E-state index in [1.54, 1.807) is 0 Å². The van der Waals surface area contributed by atoms with Crippen LogP contribution in [0.25, 0.3) is 0 Å². The molecule has 0 bridgehead atoms. The zero-order chi connectivity index (χ0) is 14.4. The van der Waals surface area contributed by atoms with Gasteiger partial charge in [-0.15, -0.1) is 11.3 Å². The summed E-state index contributed by atoms with van der Waals surface area (Å²) in [6.07, 6.45) is 6.39. The molecule has 1 N–H and O–H groups in total. The van der Waals surface area contributed by atoms with Crippen molar-refractivity contribution in [1.29, 1.82) is 0 Å². The summed E-state index contributed by atoms with van der Waals surface area (Å²) in [4.78, 5) is 4.27. The molecule has 0 aliphatic carbocycles. The topological polar surface area (TPSA) is 15.3 Å². The molecule has 1 aromatic rings. The molecule has 1 atom stereocenters. The first-order chi connectivity index (χ1) is 9.78. The van der Waals surface area contributed by atoms with Gasteiger partial charge in [0.1, 0.15) is 0 Å². The molecule has 114 valence electrons. The molecule has 1 aliphatic rings. The van der Waals surface area contributed by atoms with Crippen LogP contribution in [0.5, 0.6) is 0 Å². The highest BCUT2D eigenvalue weighted by Gasteiger charge is 2.42. The average molecular weight is 295 g/mol. The first-order valence-electron chi connectivity index (χ1n) is 8.30. The Bertz CT molecular complexity index is 364. The molecule has 0 amide bonds. The van der Waals surface area contributed by atoms with E-state index in [0.717, 1.165) is 6.54 Å². The van der Waals surface area contributed by atoms with Gasteiger partial charge in [-0.1, -0.05) is 26.8 Å². The maximum Gasteiger partial charge on any atom is 0.0601 e. The molecule has 0 radical (unpaired) electrons. The van der Waals surface area contributed by atoms with Gasteiger partial charge in [0.05, 0.1) is 6.04 Å². The highest BCUT2D eigenvalue weighted by molar-refractivity contribution is 7.10. The Labute approximate surface area is 128 Å². The maximum atomic E-state index is 3.86. The number of hydrogen-bond acceptors (Lipinski definition) is 3. The van der Waals surface area contributed by atoms with E-state index in [-0.39, 0.29) is 5.54 Å². The summed E-state index contributed by atoms with van der Waals surface area (Å²) in [7, 11) is 0. The van der Waals surface area contributed by atoms with Crippen molar-refractivity contribution >= 4 is 11.3 Å². The predicted molar refractivity (Wildman–Crippen MR) is 89.5 cm³/mol. The molecular formula is C17H30N2S. The molecule has 1 unspecified atom stereocenters. The molecule has 1 fully saturated rings. The van der Waals surface area contributed by atoms with Gasteiger partial charge in [0.2, 0.25) is 0 Å². The van der Waals surface area contributed by atoms with Crippen LogP contribution in [0.4, 0.5) is 0 Å². The zero-order valence-electron chi connectivity index (χ0n) is 13.3. The molecule has 20 heavy (non-hydrogen) atoms. The molecule has 1 saturated heterocycles. The van der Waals surface area contributed by atoms with E-state index in [4.69, 9.17) is 0 Å². The van der Waals surface area contributed by atoms with Gasteiger partial charge >= 0.3 is 0 Å². The number of nitrogens with one attached hydrogen (secondary N) is 1. The highest BCUT2D eigenvalue weighted by Crippen LogP contribution is 2.40. The summed E-state index contributed by atoms with van der Waals surface area (Å²) < 4.78 is 0. The lowest BCUT2D eigenvalue weighted by Gasteiger charge is -2.47. The Morgan fingerprint density at radius 3 is 2.45 bits per heavy atom. The van der Waals surface area contributed by atoms with E-state index in [1.165, 1.54) is 50.1 Å². The highest BCUT2D eigenvalue weighted by atomic mass is 32.1. The third kappa shape index (κ3) is 3.10. The van der Waals surface area contributed by atoms with E-state index in [0.29, 0.717) is 6.04 Å². The minimum Gasteiger partial charge on any atom is -0.308 e. The Kier molecular flexibility index (Phi) is 6.06. The van der Waals surface area contributed by atoms with Gasteiger partial charge < -0.3 is 5.32 Å². The first kappa shape index (κ1) is 16.0. The first-order valence-corrected chi connectivity index (χ1v) is 9.18. The molecule has 3 heteroatoms. The average Bonchev–Trinajstić information content (AvgIpc) is 3.16. The van der Waals surface area contributed by atoms with Gasteiger partial charge in [-0.05, 0) is 63.2 Å². The van der Waals surface area contributed by atoms with Crippen LogP contribution in [-0.2, 0) is 0 Å². The summed E-state index contributed by atoms with van der Waals surface area (Å²) in [5.41, 5.74) is 0.288. The molecule has 2 nitrogen and oxygen atoms in total. The largest absolute Gasteiger partial charge is 0.308 e. The minimum atomic E-state index is 0.288. The van der Waals surface area contributed by atoms with Crippen LogP contribution in [0.1, 0.15) is 63.8 Å². The standard InChI is InChI=1S/C17H30N2S/c1-4-11-18-16(15-10-9-14-20-15)17(5-2,6-3)19-12-7-8-13-19/h9-10,14,16,18H,4-8,11-13H2,1-3H3. The fourth-order valence-electron chi connectivity index (χ4n) is 3.75. The molecule has 2 heterocycles. The lowest BCUT2D eigenvalue weighted by molar-refractivity contribution is 0.0630. The van der Waals surface area contributed by atoms with Crippen molar-refractivity contribution in [1.82, 2.24) is 10.2 Å². The Morgan fingerprint density at radius 2 is 1.95 bits per heavy atom. The fourth-order valence-corrected chi connectivity index (χ4v) is 4.66. The summed E-state index contributed by atoms with van der Waals surface area (Å²) in [5.74, 6) is 0. The third-order valence-corrected chi connectivity index (χ3v) is 5.86. The molecule has 0 spiro atoms. The quantitative estimate of drug-likeness (QED) is 0.762. The van der Waals surface area contributed by atoms with E-state index in [1.807, 2.05) is 11.3 Å². The molecule has 1 aromatic heterocycles. The van der Waals surface area contributed by atoms with Crippen molar-refractivity contribution in [3.8, 4) is 0 Å². The monoisotopic (exact) mass is 294 g/mol. The Morgan fingerprint density at radius 1 is 1.25 bits per heavy atom. The molecule has 1 aliphatic heterocycles. The van der Waals surface area contributed by atoms with Crippen LogP contribution >= 0.6 is 11.3 Å². The van der Waals surface area contributed by atoms with Crippen LogP contribution < -0.4 is 5.32 Å². The summed E-state index contributed by atoms with van der Waals surface area (Å²) >= 11 is 1.91. The Hall–Kier alpha value is -0.380. The Balaban J connectivity index is 2.30. The van der Waals surface area contributed by atoms with Gasteiger partial charge in [0.25, 0.3) is 0 Å². The van der Waals surface area contributed by atoms with Gasteiger partial charge in [-0.3, -0.25) is 4.90 Å². The second-order valence-electron chi connectivity index (χ2n) is 5.91. The number of rotatable bonds is 8. The van der Waals surface area contributed by atoms with E-state index in [9.17, 15) is 0 Å². The summed E-state index contributed by atoms with van der Waals surface area (Å²) in [5, 5.41) is 6.08. The van der Waals surface area contributed by atoms with Crippen LogP contribution in [0.15, 0.2) is 17.5 Å². The number of hydrogen-bond donors (Lipinski definition) is 1. The van der Waals surface area contributed by atoms with Crippen molar-refractivity contribution in [3.05, 3.63) is 22.4 Å². The minimum absolute atomic E-state index is 0.288. The number of nitrogens with zero attached hydrogens (tertiary/aromatic N) is 1. The SMILES string of the molecule is CCCNC(c1cccs1)C(CC)(CC)N1CCCC1. The van der Waals surface area contributed by atoms with Gasteiger partial charge in [-0.25, -0.2) is 0 Å². The van der Waals surface area contributed by atoms with Crippen molar-refractivity contribution < 1.29 is 0 Å². The maximum absolute atomic E-state index is 3.86. The zero-order valence-corrected chi connectivity index (χ0v) is 14.1. The summed E-state index contributed by atoms with van der Waals surface area (Å²) in [6.45, 7) is 10.7. The van der Waals surface area contributed by atoms with Crippen molar-refractivity contribution in [3.63, 3.8) is 0 Å². The summed E-state index contributed by atoms with van der Waals surface area (Å²) in [6, 6.07) is 4.99. The predicted octanol–water partition coefficient (Wildman–Crippen LogP) is 4.44. The molecule has 0 aromatic carbocycles. The van der Waals surface area contributed by atoms with Crippen LogP contribution in [0, 0.1) is 0 Å². The molecule has 0 saturated carbocycles. The lowest BCUT2D eigenvalue weighted by atomic mass is 9.81. The van der Waals surface area contributed by atoms with E-state index >= 15 is 0 Å². The molecule has 2 rings (SSSR count). The van der Waals surface area contributed by atoms with Gasteiger partial charge in [0.15, 0.2) is 0 Å². The number of likely N-dealkylation sites (tertiary alicyclic amines) is 1. The second-order valence-corrected chi connectivity index (χ2v) is 6.89. The number of thiophene rings is 1. The van der Waals surface area contributed by atoms with Crippen molar-refractivity contribution in [2.45, 2.75) is 64.5 Å². The van der Waals surface area contributed by atoms with Crippen LogP contribution in [0.2, 0.25) is 0 Å². The van der Waals surface area contributed by atoms with Crippen molar-refractivity contribution in [2.75, 3.05) is 19.6 Å². The van der Waals surface area contributed by atoms with Crippen LogP contribution in [-0.4, -0.2) is 30.1 Å². The van der Waals surface area contributed by atoms with Crippen molar-refractivity contribution in [2.24, 2.45) is 0 Å².